The number of para-hydroxylation sites is 1. The minimum atomic E-state index is -0.221. The van der Waals surface area contributed by atoms with Gasteiger partial charge in [-0.25, -0.2) is 0 Å². The number of furan rings is 1. The van der Waals surface area contributed by atoms with Crippen LogP contribution < -0.4 is 5.73 Å². The number of benzene rings is 1. The molecule has 0 spiro atoms. The van der Waals surface area contributed by atoms with Gasteiger partial charge in [0.25, 0.3) is 0 Å². The van der Waals surface area contributed by atoms with Gasteiger partial charge in [0, 0.05) is 22.2 Å². The van der Waals surface area contributed by atoms with E-state index >= 15 is 0 Å². The average Bonchev–Trinajstić information content (AvgIpc) is 2.94. The number of rotatable bonds is 2. The third-order valence-corrected chi connectivity index (χ3v) is 3.10. The topological polar surface area (TPSA) is 55.0 Å². The van der Waals surface area contributed by atoms with Crippen LogP contribution in [0.2, 0.25) is 0 Å². The molecule has 86 valence electrons. The molecule has 3 aromatic rings. The summed E-state index contributed by atoms with van der Waals surface area (Å²) in [5, 5.41) is 1.16. The first-order chi connectivity index (χ1) is 8.27. The number of hydrogen-bond acceptors (Lipinski definition) is 2. The highest BCUT2D eigenvalue weighted by atomic mass is 16.3. The zero-order valence-corrected chi connectivity index (χ0v) is 9.60. The highest BCUT2D eigenvalue weighted by Gasteiger charge is 2.18. The van der Waals surface area contributed by atoms with Gasteiger partial charge in [0.15, 0.2) is 0 Å². The maximum absolute atomic E-state index is 6.26. The van der Waals surface area contributed by atoms with Crippen LogP contribution in [0.4, 0.5) is 0 Å². The van der Waals surface area contributed by atoms with Gasteiger partial charge in [-0.15, -0.1) is 0 Å². The van der Waals surface area contributed by atoms with Crippen molar-refractivity contribution in [3.05, 3.63) is 59.7 Å². The van der Waals surface area contributed by atoms with E-state index in [4.69, 9.17) is 10.2 Å². The molecule has 0 aliphatic carbocycles. The second-order valence-corrected chi connectivity index (χ2v) is 4.20. The van der Waals surface area contributed by atoms with Crippen molar-refractivity contribution in [3.63, 3.8) is 0 Å². The van der Waals surface area contributed by atoms with Gasteiger partial charge in [-0.2, -0.15) is 0 Å². The predicted octanol–water partition coefficient (Wildman–Crippen LogP) is 3.12. The molecule has 0 aliphatic heterocycles. The summed E-state index contributed by atoms with van der Waals surface area (Å²) in [5.74, 6) is 0.790. The average molecular weight is 226 g/mol. The Morgan fingerprint density at radius 2 is 2.00 bits per heavy atom. The molecule has 3 heteroatoms. The molecule has 0 aliphatic rings. The van der Waals surface area contributed by atoms with Crippen molar-refractivity contribution in [2.24, 2.45) is 5.73 Å². The summed E-state index contributed by atoms with van der Waals surface area (Å²) in [5.41, 5.74) is 9.57. The highest BCUT2D eigenvalue weighted by Crippen LogP contribution is 2.30. The number of aromatic nitrogens is 1. The Morgan fingerprint density at radius 3 is 2.76 bits per heavy atom. The summed E-state index contributed by atoms with van der Waals surface area (Å²) in [6.07, 6.45) is 1.65. The first kappa shape index (κ1) is 10.2. The van der Waals surface area contributed by atoms with Crippen LogP contribution in [0.5, 0.6) is 0 Å². The van der Waals surface area contributed by atoms with Crippen LogP contribution in [0.25, 0.3) is 10.9 Å². The molecule has 1 unspecified atom stereocenters. The van der Waals surface area contributed by atoms with Gasteiger partial charge in [-0.3, -0.25) is 0 Å². The maximum Gasteiger partial charge on any atom is 0.125 e. The van der Waals surface area contributed by atoms with Gasteiger partial charge in [-0.05, 0) is 25.1 Å². The van der Waals surface area contributed by atoms with Crippen LogP contribution in [0.15, 0.2) is 47.1 Å². The fourth-order valence-electron chi connectivity index (χ4n) is 2.31. The summed E-state index contributed by atoms with van der Waals surface area (Å²) < 4.78 is 5.38. The molecule has 1 aromatic carbocycles. The van der Waals surface area contributed by atoms with Crippen molar-refractivity contribution >= 4 is 10.9 Å². The smallest absolute Gasteiger partial charge is 0.125 e. The molecule has 0 bridgehead atoms. The molecule has 1 atom stereocenters. The van der Waals surface area contributed by atoms with Gasteiger partial charge < -0.3 is 15.1 Å². The lowest BCUT2D eigenvalue weighted by Gasteiger charge is -2.09. The number of nitrogens with two attached hydrogens (primary N) is 1. The molecule has 3 nitrogen and oxygen atoms in total. The molecule has 2 heterocycles. The maximum atomic E-state index is 6.26. The predicted molar refractivity (Wildman–Crippen MR) is 67.8 cm³/mol. The van der Waals surface area contributed by atoms with Crippen molar-refractivity contribution in [1.29, 1.82) is 0 Å². The van der Waals surface area contributed by atoms with Crippen LogP contribution >= 0.6 is 0 Å². The Bertz CT molecular complexity index is 637. The summed E-state index contributed by atoms with van der Waals surface area (Å²) >= 11 is 0. The van der Waals surface area contributed by atoms with Crippen LogP contribution in [0.1, 0.15) is 23.1 Å². The monoisotopic (exact) mass is 226 g/mol. The van der Waals surface area contributed by atoms with Gasteiger partial charge in [-0.1, -0.05) is 18.2 Å². The zero-order chi connectivity index (χ0) is 11.8. The van der Waals surface area contributed by atoms with Gasteiger partial charge in [0.05, 0.1) is 12.3 Å². The lowest BCUT2D eigenvalue weighted by molar-refractivity contribution is 0.490. The SMILES string of the molecule is Cc1[nH]c2ccccc2c1C(N)c1ccco1. The molecule has 3 N–H and O–H groups in total. The van der Waals surface area contributed by atoms with Crippen molar-refractivity contribution in [3.8, 4) is 0 Å². The van der Waals surface area contributed by atoms with E-state index in [2.05, 4.69) is 17.1 Å². The van der Waals surface area contributed by atoms with Crippen LogP contribution in [-0.4, -0.2) is 4.98 Å². The molecular formula is C14H14N2O. The van der Waals surface area contributed by atoms with E-state index in [1.54, 1.807) is 6.26 Å². The van der Waals surface area contributed by atoms with E-state index in [1.807, 2.05) is 31.2 Å². The van der Waals surface area contributed by atoms with Crippen molar-refractivity contribution < 1.29 is 4.42 Å². The number of aryl methyl sites for hydroxylation is 1. The quantitative estimate of drug-likeness (QED) is 0.705. The second kappa shape index (κ2) is 3.79. The standard InChI is InChI=1S/C14H14N2O/c1-9-13(14(15)12-7-4-8-17-12)10-5-2-3-6-11(10)16-9/h2-8,14,16H,15H2,1H3. The van der Waals surface area contributed by atoms with Crippen LogP contribution in [-0.2, 0) is 0 Å². The Morgan fingerprint density at radius 1 is 1.18 bits per heavy atom. The largest absolute Gasteiger partial charge is 0.467 e. The number of hydrogen-bond donors (Lipinski definition) is 2. The minimum Gasteiger partial charge on any atom is -0.467 e. The molecule has 3 rings (SSSR count). The number of nitrogens with one attached hydrogen (secondary N) is 1. The van der Waals surface area contributed by atoms with E-state index in [0.717, 1.165) is 27.9 Å². The third-order valence-electron chi connectivity index (χ3n) is 3.10. The first-order valence-corrected chi connectivity index (χ1v) is 5.63. The summed E-state index contributed by atoms with van der Waals surface area (Å²) in [6.45, 7) is 2.04. The van der Waals surface area contributed by atoms with E-state index < -0.39 is 0 Å². The van der Waals surface area contributed by atoms with Gasteiger partial charge >= 0.3 is 0 Å². The van der Waals surface area contributed by atoms with E-state index in [1.165, 1.54) is 0 Å². The fourth-order valence-corrected chi connectivity index (χ4v) is 2.31. The zero-order valence-electron chi connectivity index (χ0n) is 9.60. The molecule has 0 fully saturated rings. The van der Waals surface area contributed by atoms with Crippen LogP contribution in [0, 0.1) is 6.92 Å². The van der Waals surface area contributed by atoms with Crippen LogP contribution in [0.3, 0.4) is 0 Å². The number of aromatic amines is 1. The van der Waals surface area contributed by atoms with Gasteiger partial charge in [0.1, 0.15) is 5.76 Å². The van der Waals surface area contributed by atoms with Crippen molar-refractivity contribution in [2.45, 2.75) is 13.0 Å². The molecule has 2 aromatic heterocycles. The lowest BCUT2D eigenvalue weighted by Crippen LogP contribution is -2.11. The lowest BCUT2D eigenvalue weighted by atomic mass is 10.0. The normalized spacial score (nSPS) is 13.1. The third kappa shape index (κ3) is 1.56. The van der Waals surface area contributed by atoms with Gasteiger partial charge in [0.2, 0.25) is 0 Å². The number of fused-ring (bicyclic) bond motifs is 1. The second-order valence-electron chi connectivity index (χ2n) is 4.20. The van der Waals surface area contributed by atoms with Crippen molar-refractivity contribution in [1.82, 2.24) is 4.98 Å². The highest BCUT2D eigenvalue weighted by molar-refractivity contribution is 5.85. The fraction of sp³-hybridized carbons (Fsp3) is 0.143. The Hall–Kier alpha value is -2.00. The molecule has 17 heavy (non-hydrogen) atoms. The Balaban J connectivity index is 2.20. The number of H-pyrrole nitrogens is 1. The molecule has 0 radical (unpaired) electrons. The van der Waals surface area contributed by atoms with E-state index in [-0.39, 0.29) is 6.04 Å². The van der Waals surface area contributed by atoms with Crippen molar-refractivity contribution in [2.75, 3.05) is 0 Å². The van der Waals surface area contributed by atoms with E-state index in [0.29, 0.717) is 0 Å². The molecule has 0 saturated heterocycles. The summed E-state index contributed by atoms with van der Waals surface area (Å²) in [6, 6.07) is 11.7. The Kier molecular flexibility index (Phi) is 2.27. The molecular weight excluding hydrogens is 212 g/mol. The van der Waals surface area contributed by atoms with E-state index in [9.17, 15) is 0 Å². The molecule has 0 saturated carbocycles. The summed E-state index contributed by atoms with van der Waals surface area (Å²) in [4.78, 5) is 3.35. The minimum absolute atomic E-state index is 0.221. The molecule has 0 amide bonds. The first-order valence-electron chi connectivity index (χ1n) is 5.63. The summed E-state index contributed by atoms with van der Waals surface area (Å²) in [7, 11) is 0. The Labute approximate surface area is 99.2 Å².